The predicted molar refractivity (Wildman–Crippen MR) is 29.8 cm³/mol. The largest absolute Gasteiger partial charge is 0.303 e. The van der Waals surface area contributed by atoms with Gasteiger partial charge in [0.1, 0.15) is 6.29 Å². The first-order valence-corrected chi connectivity index (χ1v) is 2.60. The van der Waals surface area contributed by atoms with E-state index in [1.807, 2.05) is 20.3 Å². The van der Waals surface area contributed by atoms with Gasteiger partial charge in [0, 0.05) is 5.92 Å². The Morgan fingerprint density at radius 1 is 1.71 bits per heavy atom. The van der Waals surface area contributed by atoms with E-state index in [9.17, 15) is 4.79 Å². The Labute approximate surface area is 44.7 Å². The Kier molecular flexibility index (Phi) is 3.67. The average Bonchev–Trinajstić information content (AvgIpc) is 1.68. The summed E-state index contributed by atoms with van der Waals surface area (Å²) in [6.07, 6.45) is 3.91. The molecular formula is C6H11O. The van der Waals surface area contributed by atoms with Crippen molar-refractivity contribution in [3.05, 3.63) is 6.42 Å². The molecule has 0 aromatic carbocycles. The molecule has 0 bridgehead atoms. The second-order valence-corrected chi connectivity index (χ2v) is 1.64. The molecule has 0 saturated heterocycles. The molecule has 0 heterocycles. The Morgan fingerprint density at radius 2 is 2.29 bits per heavy atom. The van der Waals surface area contributed by atoms with E-state index in [0.29, 0.717) is 0 Å². The zero-order valence-electron chi connectivity index (χ0n) is 4.85. The molecule has 0 aromatic heterocycles. The minimum absolute atomic E-state index is 0.144. The fraction of sp³-hybridized carbons (Fsp3) is 0.667. The minimum Gasteiger partial charge on any atom is -0.303 e. The fourth-order valence-electron chi connectivity index (χ4n) is 0.427. The summed E-state index contributed by atoms with van der Waals surface area (Å²) in [5.74, 6) is 0.144. The first-order chi connectivity index (χ1) is 3.31. The lowest BCUT2D eigenvalue weighted by Crippen LogP contribution is -1.93. The van der Waals surface area contributed by atoms with Crippen molar-refractivity contribution in [2.75, 3.05) is 0 Å². The van der Waals surface area contributed by atoms with E-state index < -0.39 is 0 Å². The summed E-state index contributed by atoms with van der Waals surface area (Å²) in [5, 5.41) is 0. The van der Waals surface area contributed by atoms with Gasteiger partial charge >= 0.3 is 0 Å². The number of aldehydes is 1. The smallest absolute Gasteiger partial charge is 0.123 e. The molecule has 0 saturated carbocycles. The first-order valence-electron chi connectivity index (χ1n) is 2.60. The molecule has 0 aliphatic heterocycles. The maximum atomic E-state index is 9.86. The van der Waals surface area contributed by atoms with Crippen LogP contribution in [0.25, 0.3) is 0 Å². The van der Waals surface area contributed by atoms with Crippen molar-refractivity contribution in [3.8, 4) is 0 Å². The summed E-state index contributed by atoms with van der Waals surface area (Å²) in [6, 6.07) is 0. The Bertz CT molecular complexity index is 50.1. The standard InChI is InChI=1S/C6H11O/c1-3-4-6(2)5-7/h4-6H,3H2,1-2H3. The highest BCUT2D eigenvalue weighted by atomic mass is 16.1. The molecule has 0 fully saturated rings. The SMILES string of the molecule is CC[CH]C(C)C=O. The van der Waals surface area contributed by atoms with Crippen LogP contribution >= 0.6 is 0 Å². The fourth-order valence-corrected chi connectivity index (χ4v) is 0.427. The third-order valence-electron chi connectivity index (χ3n) is 0.822. The van der Waals surface area contributed by atoms with Crippen LogP contribution in [0.4, 0.5) is 0 Å². The van der Waals surface area contributed by atoms with Gasteiger partial charge < -0.3 is 4.79 Å². The summed E-state index contributed by atoms with van der Waals surface area (Å²) in [4.78, 5) is 9.86. The van der Waals surface area contributed by atoms with Gasteiger partial charge in [0.25, 0.3) is 0 Å². The van der Waals surface area contributed by atoms with E-state index in [0.717, 1.165) is 12.7 Å². The van der Waals surface area contributed by atoms with Gasteiger partial charge in [0.2, 0.25) is 0 Å². The van der Waals surface area contributed by atoms with Crippen LogP contribution in [0.3, 0.4) is 0 Å². The number of hydrogen-bond donors (Lipinski definition) is 0. The summed E-state index contributed by atoms with van der Waals surface area (Å²) in [5.41, 5.74) is 0. The van der Waals surface area contributed by atoms with E-state index >= 15 is 0 Å². The van der Waals surface area contributed by atoms with Crippen LogP contribution < -0.4 is 0 Å². The van der Waals surface area contributed by atoms with Crippen molar-refractivity contribution in [1.82, 2.24) is 0 Å². The highest BCUT2D eigenvalue weighted by Gasteiger charge is 1.93. The summed E-state index contributed by atoms with van der Waals surface area (Å²) >= 11 is 0. The van der Waals surface area contributed by atoms with Crippen molar-refractivity contribution in [1.29, 1.82) is 0 Å². The lowest BCUT2D eigenvalue weighted by molar-refractivity contribution is -0.109. The average molecular weight is 99.2 g/mol. The van der Waals surface area contributed by atoms with Gasteiger partial charge in [-0.3, -0.25) is 0 Å². The van der Waals surface area contributed by atoms with Crippen molar-refractivity contribution >= 4 is 6.29 Å². The summed E-state index contributed by atoms with van der Waals surface area (Å²) < 4.78 is 0. The van der Waals surface area contributed by atoms with Crippen LogP contribution in [-0.2, 0) is 4.79 Å². The van der Waals surface area contributed by atoms with Crippen LogP contribution in [0.15, 0.2) is 0 Å². The van der Waals surface area contributed by atoms with Crippen molar-refractivity contribution in [2.24, 2.45) is 5.92 Å². The second kappa shape index (κ2) is 3.85. The molecule has 1 unspecified atom stereocenters. The molecule has 1 radical (unpaired) electrons. The lowest BCUT2D eigenvalue weighted by Gasteiger charge is -1.94. The molecule has 0 spiro atoms. The zero-order chi connectivity index (χ0) is 5.70. The number of hydrogen-bond acceptors (Lipinski definition) is 1. The van der Waals surface area contributed by atoms with E-state index in [1.165, 1.54) is 0 Å². The number of rotatable bonds is 3. The van der Waals surface area contributed by atoms with Gasteiger partial charge in [-0.1, -0.05) is 20.3 Å². The van der Waals surface area contributed by atoms with E-state index in [2.05, 4.69) is 0 Å². The third kappa shape index (κ3) is 3.50. The third-order valence-corrected chi connectivity index (χ3v) is 0.822. The molecule has 1 heteroatoms. The topological polar surface area (TPSA) is 17.1 Å². The van der Waals surface area contributed by atoms with Gasteiger partial charge in [-0.25, -0.2) is 0 Å². The Morgan fingerprint density at radius 3 is 2.43 bits per heavy atom. The Hall–Kier alpha value is -0.330. The van der Waals surface area contributed by atoms with E-state index in [-0.39, 0.29) is 5.92 Å². The molecule has 1 atom stereocenters. The monoisotopic (exact) mass is 99.1 g/mol. The van der Waals surface area contributed by atoms with Crippen molar-refractivity contribution < 1.29 is 4.79 Å². The molecule has 0 N–H and O–H groups in total. The molecule has 0 amide bonds. The maximum absolute atomic E-state index is 9.86. The van der Waals surface area contributed by atoms with Gasteiger partial charge in [0.05, 0.1) is 0 Å². The van der Waals surface area contributed by atoms with Gasteiger partial charge in [0.15, 0.2) is 0 Å². The molecule has 7 heavy (non-hydrogen) atoms. The quantitative estimate of drug-likeness (QED) is 0.489. The van der Waals surface area contributed by atoms with Crippen LogP contribution in [-0.4, -0.2) is 6.29 Å². The van der Waals surface area contributed by atoms with Crippen LogP contribution in [0.2, 0.25) is 0 Å². The normalized spacial score (nSPS) is 13.4. The maximum Gasteiger partial charge on any atom is 0.123 e. The lowest BCUT2D eigenvalue weighted by atomic mass is 10.1. The highest BCUT2D eigenvalue weighted by molar-refractivity contribution is 5.54. The van der Waals surface area contributed by atoms with Gasteiger partial charge in [-0.05, 0) is 6.42 Å². The number of carbonyl (C=O) groups is 1. The minimum atomic E-state index is 0.144. The molecule has 0 rings (SSSR count). The van der Waals surface area contributed by atoms with Crippen molar-refractivity contribution in [3.63, 3.8) is 0 Å². The molecule has 1 nitrogen and oxygen atoms in total. The molecule has 0 aromatic rings. The van der Waals surface area contributed by atoms with Crippen LogP contribution in [0.1, 0.15) is 20.3 Å². The van der Waals surface area contributed by atoms with Crippen LogP contribution in [0, 0.1) is 12.3 Å². The molecule has 0 aliphatic carbocycles. The van der Waals surface area contributed by atoms with E-state index in [1.54, 1.807) is 0 Å². The first kappa shape index (κ1) is 6.67. The molecule has 0 aliphatic rings. The predicted octanol–water partition coefficient (Wildman–Crippen LogP) is 1.44. The highest BCUT2D eigenvalue weighted by Crippen LogP contribution is 1.97. The van der Waals surface area contributed by atoms with E-state index in [4.69, 9.17) is 0 Å². The van der Waals surface area contributed by atoms with Crippen LogP contribution in [0.5, 0.6) is 0 Å². The summed E-state index contributed by atoms with van der Waals surface area (Å²) in [7, 11) is 0. The van der Waals surface area contributed by atoms with Crippen molar-refractivity contribution in [2.45, 2.75) is 20.3 Å². The zero-order valence-corrected chi connectivity index (χ0v) is 4.85. The molecule has 41 valence electrons. The Balaban J connectivity index is 2.98. The number of carbonyl (C=O) groups excluding carboxylic acids is 1. The molecular weight excluding hydrogens is 88.1 g/mol. The van der Waals surface area contributed by atoms with Gasteiger partial charge in [-0.15, -0.1) is 0 Å². The van der Waals surface area contributed by atoms with Gasteiger partial charge in [-0.2, -0.15) is 0 Å². The second-order valence-electron chi connectivity index (χ2n) is 1.64. The summed E-state index contributed by atoms with van der Waals surface area (Å²) in [6.45, 7) is 3.91.